The molecule has 88 valence electrons. The highest BCUT2D eigenvalue weighted by Crippen LogP contribution is 2.29. The molecule has 4 nitrogen and oxygen atoms in total. The molecule has 0 aromatic carbocycles. The molecule has 0 amide bonds. The number of methoxy groups -OCH3 is 1. The smallest absolute Gasteiger partial charge is 0.159 e. The zero-order valence-electron chi connectivity index (χ0n) is 8.87. The molecule has 16 heavy (non-hydrogen) atoms. The predicted octanol–water partition coefficient (Wildman–Crippen LogP) is 2.73. The lowest BCUT2D eigenvalue weighted by Gasteiger charge is -2.11. The summed E-state index contributed by atoms with van der Waals surface area (Å²) in [4.78, 5) is 8.72. The molecule has 0 radical (unpaired) electrons. The average Bonchev–Trinajstić information content (AvgIpc) is 2.78. The van der Waals surface area contributed by atoms with E-state index in [9.17, 15) is 0 Å². The lowest BCUT2D eigenvalue weighted by atomic mass is 10.2. The molecule has 1 atom stereocenters. The number of hydrogen-bond acceptors (Lipinski definition) is 4. The largest absolute Gasteiger partial charge is 0.378 e. The van der Waals surface area contributed by atoms with Crippen molar-refractivity contribution in [3.05, 3.63) is 20.2 Å². The van der Waals surface area contributed by atoms with Gasteiger partial charge in [-0.3, -0.25) is 0 Å². The van der Waals surface area contributed by atoms with Crippen LogP contribution in [-0.4, -0.2) is 23.7 Å². The molecule has 6 heteroatoms. The van der Waals surface area contributed by atoms with Crippen molar-refractivity contribution < 1.29 is 9.47 Å². The van der Waals surface area contributed by atoms with Crippen LogP contribution in [0.3, 0.4) is 0 Å². The summed E-state index contributed by atoms with van der Waals surface area (Å²) in [6.45, 7) is 1.22. The highest BCUT2D eigenvalue weighted by atomic mass is 127. The van der Waals surface area contributed by atoms with Crippen LogP contribution in [0.15, 0.2) is 0 Å². The van der Waals surface area contributed by atoms with Gasteiger partial charge in [-0.15, -0.1) is 0 Å². The van der Waals surface area contributed by atoms with E-state index in [0.29, 0.717) is 17.6 Å². The zero-order valence-corrected chi connectivity index (χ0v) is 11.8. The van der Waals surface area contributed by atoms with Gasteiger partial charge in [0.05, 0.1) is 15.9 Å². The summed E-state index contributed by atoms with van der Waals surface area (Å²) < 4.78 is 11.5. The van der Waals surface area contributed by atoms with E-state index in [1.807, 2.05) is 0 Å². The summed E-state index contributed by atoms with van der Waals surface area (Å²) in [5.41, 5.74) is 0.827. The molecule has 1 aliphatic rings. The Kier molecular flexibility index (Phi) is 4.34. The highest BCUT2D eigenvalue weighted by Gasteiger charge is 2.22. The molecule has 1 fully saturated rings. The van der Waals surface area contributed by atoms with E-state index in [1.54, 1.807) is 7.11 Å². The lowest BCUT2D eigenvalue weighted by Crippen LogP contribution is -2.08. The number of hydrogen-bond donors (Lipinski definition) is 0. The molecule has 0 saturated carbocycles. The molecule has 2 rings (SSSR count). The van der Waals surface area contributed by atoms with Crippen LogP contribution in [0.5, 0.6) is 0 Å². The van der Waals surface area contributed by atoms with Gasteiger partial charge in [0, 0.05) is 13.7 Å². The number of nitrogens with zero attached hydrogens (tertiary/aromatic N) is 2. The van der Waals surface area contributed by atoms with Gasteiger partial charge < -0.3 is 9.47 Å². The third-order valence-electron chi connectivity index (χ3n) is 2.40. The Morgan fingerprint density at radius 2 is 2.38 bits per heavy atom. The second kappa shape index (κ2) is 5.57. The average molecular weight is 355 g/mol. The Morgan fingerprint density at radius 3 is 3.00 bits per heavy atom. The molecule has 0 N–H and O–H groups in total. The molecule has 0 spiro atoms. The van der Waals surface area contributed by atoms with Gasteiger partial charge in [0.15, 0.2) is 5.82 Å². The first kappa shape index (κ1) is 12.5. The molecule has 0 bridgehead atoms. The van der Waals surface area contributed by atoms with Crippen LogP contribution < -0.4 is 0 Å². The summed E-state index contributed by atoms with van der Waals surface area (Å²) in [6, 6.07) is 0. The molecule has 1 aromatic heterocycles. The number of rotatable bonds is 3. The Balaban J connectivity index is 2.31. The Morgan fingerprint density at radius 1 is 1.56 bits per heavy atom. The maximum atomic E-state index is 6.06. The topological polar surface area (TPSA) is 44.2 Å². The number of halogens is 2. The normalized spacial score (nSPS) is 20.3. The molecule has 0 aliphatic carbocycles. The van der Waals surface area contributed by atoms with Gasteiger partial charge in [-0.25, -0.2) is 9.97 Å². The SMILES string of the molecule is COCc1nc(C2CCCO2)nc(Cl)c1I. The third kappa shape index (κ3) is 2.64. The van der Waals surface area contributed by atoms with Gasteiger partial charge in [-0.1, -0.05) is 11.6 Å². The van der Waals surface area contributed by atoms with Gasteiger partial charge in [0.1, 0.15) is 11.3 Å². The van der Waals surface area contributed by atoms with Crippen LogP contribution in [-0.2, 0) is 16.1 Å². The van der Waals surface area contributed by atoms with Gasteiger partial charge >= 0.3 is 0 Å². The maximum absolute atomic E-state index is 6.06. The van der Waals surface area contributed by atoms with Crippen molar-refractivity contribution in [1.82, 2.24) is 9.97 Å². The van der Waals surface area contributed by atoms with Crippen molar-refractivity contribution in [3.8, 4) is 0 Å². The van der Waals surface area contributed by atoms with Crippen molar-refractivity contribution in [3.63, 3.8) is 0 Å². The summed E-state index contributed by atoms with van der Waals surface area (Å²) in [5, 5.41) is 0.480. The fraction of sp³-hybridized carbons (Fsp3) is 0.600. The van der Waals surface area contributed by atoms with Crippen LogP contribution in [0.2, 0.25) is 5.15 Å². The van der Waals surface area contributed by atoms with Crippen molar-refractivity contribution in [2.75, 3.05) is 13.7 Å². The molecule has 2 heterocycles. The van der Waals surface area contributed by atoms with E-state index in [2.05, 4.69) is 32.6 Å². The van der Waals surface area contributed by atoms with E-state index in [1.165, 1.54) is 0 Å². The summed E-state index contributed by atoms with van der Waals surface area (Å²) in [7, 11) is 1.64. The number of aromatic nitrogens is 2. The van der Waals surface area contributed by atoms with E-state index >= 15 is 0 Å². The van der Waals surface area contributed by atoms with Gasteiger partial charge in [0.25, 0.3) is 0 Å². The zero-order chi connectivity index (χ0) is 11.5. The molecular formula is C10H12ClIN2O2. The fourth-order valence-corrected chi connectivity index (χ4v) is 2.23. The summed E-state index contributed by atoms with van der Waals surface area (Å²) >= 11 is 8.19. The molecule has 1 aliphatic heterocycles. The minimum absolute atomic E-state index is 0.00916. The first-order valence-corrected chi connectivity index (χ1v) is 6.50. The first-order chi connectivity index (χ1) is 7.72. The summed E-state index contributed by atoms with van der Waals surface area (Å²) in [6.07, 6.45) is 2.01. The van der Waals surface area contributed by atoms with Crippen LogP contribution in [0.4, 0.5) is 0 Å². The second-order valence-corrected chi connectivity index (χ2v) is 5.00. The van der Waals surface area contributed by atoms with E-state index < -0.39 is 0 Å². The van der Waals surface area contributed by atoms with Crippen molar-refractivity contribution in [2.24, 2.45) is 0 Å². The number of ether oxygens (including phenoxy) is 2. The monoisotopic (exact) mass is 354 g/mol. The van der Waals surface area contributed by atoms with Gasteiger partial charge in [0.2, 0.25) is 0 Å². The maximum Gasteiger partial charge on any atom is 0.159 e. The van der Waals surface area contributed by atoms with Crippen LogP contribution >= 0.6 is 34.2 Å². The van der Waals surface area contributed by atoms with Gasteiger partial charge in [-0.05, 0) is 35.4 Å². The Bertz CT molecular complexity index is 383. The van der Waals surface area contributed by atoms with Crippen LogP contribution in [0.25, 0.3) is 0 Å². The third-order valence-corrected chi connectivity index (χ3v) is 4.12. The van der Waals surface area contributed by atoms with Crippen molar-refractivity contribution in [1.29, 1.82) is 0 Å². The molecule has 1 aromatic rings. The van der Waals surface area contributed by atoms with Crippen LogP contribution in [0.1, 0.15) is 30.5 Å². The van der Waals surface area contributed by atoms with E-state index in [4.69, 9.17) is 21.1 Å². The highest BCUT2D eigenvalue weighted by molar-refractivity contribution is 14.1. The lowest BCUT2D eigenvalue weighted by molar-refractivity contribution is 0.104. The Labute approximate surface area is 113 Å². The van der Waals surface area contributed by atoms with E-state index in [-0.39, 0.29) is 6.10 Å². The second-order valence-electron chi connectivity index (χ2n) is 3.57. The van der Waals surface area contributed by atoms with Gasteiger partial charge in [-0.2, -0.15) is 0 Å². The minimum atomic E-state index is -0.00916. The van der Waals surface area contributed by atoms with Crippen LogP contribution in [0, 0.1) is 3.57 Å². The van der Waals surface area contributed by atoms with E-state index in [0.717, 1.165) is 28.7 Å². The van der Waals surface area contributed by atoms with Crippen molar-refractivity contribution in [2.45, 2.75) is 25.6 Å². The van der Waals surface area contributed by atoms with Crippen molar-refractivity contribution >= 4 is 34.2 Å². The Hall–Kier alpha value is 0.0200. The molecular weight excluding hydrogens is 342 g/mol. The molecule has 1 saturated heterocycles. The molecule has 1 unspecified atom stereocenters. The predicted molar refractivity (Wildman–Crippen MR) is 68.4 cm³/mol. The first-order valence-electron chi connectivity index (χ1n) is 5.04. The minimum Gasteiger partial charge on any atom is -0.378 e. The quantitative estimate of drug-likeness (QED) is 0.618. The summed E-state index contributed by atoms with van der Waals surface area (Å²) in [5.74, 6) is 0.676. The standard InChI is InChI=1S/C10H12ClIN2O2/c1-15-5-6-8(12)9(11)14-10(13-6)7-3-2-4-16-7/h7H,2-5H2,1H3. The fourth-order valence-electron chi connectivity index (χ4n) is 1.64.